The molecule has 2 aromatic rings. The summed E-state index contributed by atoms with van der Waals surface area (Å²) in [6, 6.07) is 19.5. The van der Waals surface area contributed by atoms with Crippen molar-refractivity contribution < 1.29 is 0 Å². The number of piperidine rings is 1. The van der Waals surface area contributed by atoms with E-state index in [1.165, 1.54) is 67.6 Å². The van der Waals surface area contributed by atoms with E-state index in [1.807, 2.05) is 7.05 Å². The number of allylic oxidation sites excluding steroid dienone is 2. The zero-order chi connectivity index (χ0) is 18.9. The molecule has 1 fully saturated rings. The second-order valence-electron chi connectivity index (χ2n) is 7.51. The monoisotopic (exact) mass is 360 g/mol. The molecule has 0 bridgehead atoms. The second kappa shape index (κ2) is 10.2. The summed E-state index contributed by atoms with van der Waals surface area (Å²) in [5.41, 5.74) is 6.13. The van der Waals surface area contributed by atoms with Gasteiger partial charge < -0.3 is 4.90 Å². The van der Waals surface area contributed by atoms with Crippen molar-refractivity contribution in [2.24, 2.45) is 4.99 Å². The lowest BCUT2D eigenvalue weighted by Gasteiger charge is -2.26. The average molecular weight is 361 g/mol. The van der Waals surface area contributed by atoms with Crippen LogP contribution in [0.5, 0.6) is 0 Å². The van der Waals surface area contributed by atoms with Crippen LogP contribution in [0, 0.1) is 0 Å². The van der Waals surface area contributed by atoms with E-state index in [4.69, 9.17) is 0 Å². The molecule has 1 saturated heterocycles. The van der Waals surface area contributed by atoms with Crippen LogP contribution in [0.25, 0.3) is 5.57 Å². The highest BCUT2D eigenvalue weighted by molar-refractivity contribution is 6.12. The molecule has 0 spiro atoms. The topological polar surface area (TPSA) is 15.6 Å². The van der Waals surface area contributed by atoms with Crippen molar-refractivity contribution in [2.45, 2.75) is 39.0 Å². The van der Waals surface area contributed by atoms with Crippen LogP contribution in [-0.2, 0) is 6.42 Å². The number of rotatable bonds is 7. The van der Waals surface area contributed by atoms with Gasteiger partial charge in [-0.15, -0.1) is 0 Å². The molecule has 0 atom stereocenters. The Hall–Kier alpha value is -2.19. The van der Waals surface area contributed by atoms with Gasteiger partial charge >= 0.3 is 0 Å². The number of aryl methyl sites for hydroxylation is 1. The standard InChI is InChI=1S/C25H32N2/c1-21(23-11-5-3-6-12-23)20-25(26-2)24-15-13-22(14-16-24)10-9-19-27-17-7-4-8-18-27/h3,5-6,11-16,20H,4,7-10,17-19H2,1-2H3/b21-20+,26-25+. The fourth-order valence-corrected chi connectivity index (χ4v) is 3.80. The summed E-state index contributed by atoms with van der Waals surface area (Å²) in [7, 11) is 1.87. The highest BCUT2D eigenvalue weighted by Crippen LogP contribution is 2.16. The number of hydrogen-bond donors (Lipinski definition) is 0. The molecular formula is C25H32N2. The maximum atomic E-state index is 4.51. The first-order chi connectivity index (χ1) is 13.3. The second-order valence-corrected chi connectivity index (χ2v) is 7.51. The fourth-order valence-electron chi connectivity index (χ4n) is 3.80. The van der Waals surface area contributed by atoms with Crippen LogP contribution in [0.2, 0.25) is 0 Å². The largest absolute Gasteiger partial charge is 0.303 e. The van der Waals surface area contributed by atoms with Gasteiger partial charge in [-0.25, -0.2) is 0 Å². The molecule has 2 nitrogen and oxygen atoms in total. The third kappa shape index (κ3) is 5.90. The third-order valence-corrected chi connectivity index (χ3v) is 5.46. The molecule has 0 amide bonds. The summed E-state index contributed by atoms with van der Waals surface area (Å²) < 4.78 is 0. The first-order valence-corrected chi connectivity index (χ1v) is 10.3. The van der Waals surface area contributed by atoms with E-state index in [2.05, 4.69) is 77.5 Å². The number of hydrogen-bond acceptors (Lipinski definition) is 2. The Morgan fingerprint density at radius 3 is 2.30 bits per heavy atom. The molecular weight excluding hydrogens is 328 g/mol. The molecule has 0 aromatic heterocycles. The van der Waals surface area contributed by atoms with Gasteiger partial charge in [-0.1, -0.05) is 61.0 Å². The molecule has 0 aliphatic carbocycles. The van der Waals surface area contributed by atoms with Crippen molar-refractivity contribution in [3.8, 4) is 0 Å². The number of benzene rings is 2. The molecule has 0 N–H and O–H groups in total. The lowest BCUT2D eigenvalue weighted by Crippen LogP contribution is -2.30. The molecule has 2 aromatic carbocycles. The molecule has 1 aliphatic rings. The summed E-state index contributed by atoms with van der Waals surface area (Å²) >= 11 is 0. The molecule has 3 rings (SSSR count). The zero-order valence-corrected chi connectivity index (χ0v) is 16.8. The summed E-state index contributed by atoms with van der Waals surface area (Å²) in [4.78, 5) is 7.13. The van der Waals surface area contributed by atoms with Crippen LogP contribution in [0.15, 0.2) is 65.7 Å². The van der Waals surface area contributed by atoms with E-state index in [0.717, 1.165) is 12.1 Å². The molecule has 1 heterocycles. The van der Waals surface area contributed by atoms with Gasteiger partial charge in [0.25, 0.3) is 0 Å². The van der Waals surface area contributed by atoms with Gasteiger partial charge in [-0.3, -0.25) is 4.99 Å². The maximum Gasteiger partial charge on any atom is 0.0646 e. The molecule has 2 heteroatoms. The quantitative estimate of drug-likeness (QED) is 0.585. The van der Waals surface area contributed by atoms with Gasteiger partial charge in [0.15, 0.2) is 0 Å². The van der Waals surface area contributed by atoms with Gasteiger partial charge in [0.1, 0.15) is 0 Å². The summed E-state index contributed by atoms with van der Waals surface area (Å²) in [6.45, 7) is 5.97. The minimum Gasteiger partial charge on any atom is -0.303 e. The van der Waals surface area contributed by atoms with Crippen LogP contribution in [0.4, 0.5) is 0 Å². The lowest BCUT2D eigenvalue weighted by atomic mass is 10.0. The predicted octanol–water partition coefficient (Wildman–Crippen LogP) is 5.63. The highest BCUT2D eigenvalue weighted by Gasteiger charge is 2.09. The number of likely N-dealkylation sites (tertiary alicyclic amines) is 1. The number of nitrogens with zero attached hydrogens (tertiary/aromatic N) is 2. The summed E-state index contributed by atoms with van der Waals surface area (Å²) in [5, 5.41) is 0. The van der Waals surface area contributed by atoms with Gasteiger partial charge in [0, 0.05) is 7.05 Å². The Bertz CT molecular complexity index is 751. The van der Waals surface area contributed by atoms with Crippen LogP contribution in [0.1, 0.15) is 49.3 Å². The van der Waals surface area contributed by atoms with Crippen molar-refractivity contribution in [3.63, 3.8) is 0 Å². The van der Waals surface area contributed by atoms with Crippen molar-refractivity contribution in [3.05, 3.63) is 77.4 Å². The first-order valence-electron chi connectivity index (χ1n) is 10.3. The molecule has 0 radical (unpaired) electrons. The minimum absolute atomic E-state index is 1.04. The van der Waals surface area contributed by atoms with Gasteiger partial charge in [-0.2, -0.15) is 0 Å². The first kappa shape index (κ1) is 19.6. The van der Waals surface area contributed by atoms with Crippen molar-refractivity contribution in [2.75, 3.05) is 26.7 Å². The molecule has 1 aliphatic heterocycles. The third-order valence-electron chi connectivity index (χ3n) is 5.46. The van der Waals surface area contributed by atoms with E-state index in [0.29, 0.717) is 0 Å². The predicted molar refractivity (Wildman–Crippen MR) is 118 cm³/mol. The Morgan fingerprint density at radius 2 is 1.63 bits per heavy atom. The molecule has 142 valence electrons. The molecule has 27 heavy (non-hydrogen) atoms. The van der Waals surface area contributed by atoms with E-state index < -0.39 is 0 Å². The number of aliphatic imine (C=N–C) groups is 1. The summed E-state index contributed by atoms with van der Waals surface area (Å²) in [5.74, 6) is 0. The van der Waals surface area contributed by atoms with E-state index in [-0.39, 0.29) is 0 Å². The van der Waals surface area contributed by atoms with Crippen LogP contribution >= 0.6 is 0 Å². The van der Waals surface area contributed by atoms with Crippen molar-refractivity contribution in [1.82, 2.24) is 4.90 Å². The molecule has 0 unspecified atom stereocenters. The SMILES string of the molecule is C/N=C(\C=C(/C)c1ccccc1)c1ccc(CCCN2CCCCC2)cc1. The molecule has 0 saturated carbocycles. The van der Waals surface area contributed by atoms with Crippen LogP contribution in [-0.4, -0.2) is 37.3 Å². The van der Waals surface area contributed by atoms with E-state index in [9.17, 15) is 0 Å². The van der Waals surface area contributed by atoms with Gasteiger partial charge in [-0.05, 0) is 80.6 Å². The zero-order valence-electron chi connectivity index (χ0n) is 16.8. The van der Waals surface area contributed by atoms with Crippen LogP contribution < -0.4 is 0 Å². The Balaban J connectivity index is 1.58. The normalized spacial score (nSPS) is 16.5. The van der Waals surface area contributed by atoms with Crippen LogP contribution in [0.3, 0.4) is 0 Å². The Labute approximate surface area is 164 Å². The van der Waals surface area contributed by atoms with E-state index in [1.54, 1.807) is 0 Å². The van der Waals surface area contributed by atoms with Gasteiger partial charge in [0.2, 0.25) is 0 Å². The van der Waals surface area contributed by atoms with Crippen molar-refractivity contribution >= 4 is 11.3 Å². The smallest absolute Gasteiger partial charge is 0.0646 e. The Kier molecular flexibility index (Phi) is 7.41. The Morgan fingerprint density at radius 1 is 0.926 bits per heavy atom. The average Bonchev–Trinajstić information content (AvgIpc) is 2.74. The lowest BCUT2D eigenvalue weighted by molar-refractivity contribution is 0.226. The van der Waals surface area contributed by atoms with Gasteiger partial charge in [0.05, 0.1) is 5.71 Å². The van der Waals surface area contributed by atoms with E-state index >= 15 is 0 Å². The van der Waals surface area contributed by atoms with Crippen molar-refractivity contribution in [1.29, 1.82) is 0 Å². The highest BCUT2D eigenvalue weighted by atomic mass is 15.1. The maximum absolute atomic E-state index is 4.51. The summed E-state index contributed by atoms with van der Waals surface area (Å²) in [6.07, 6.45) is 8.76. The fraction of sp³-hybridized carbons (Fsp3) is 0.400. The minimum atomic E-state index is 1.04.